The number of carbonyl (C=O) groups is 2. The Kier molecular flexibility index (Phi) is 3.47. The van der Waals surface area contributed by atoms with E-state index in [1.807, 2.05) is 0 Å². The van der Waals surface area contributed by atoms with Crippen molar-refractivity contribution in [1.29, 1.82) is 0 Å². The normalized spacial score (nSPS) is 14.4. The van der Waals surface area contributed by atoms with Crippen molar-refractivity contribution < 1.29 is 14.3 Å². The molecule has 0 unspecified atom stereocenters. The van der Waals surface area contributed by atoms with Gasteiger partial charge in [0.15, 0.2) is 6.61 Å². The van der Waals surface area contributed by atoms with Gasteiger partial charge in [-0.1, -0.05) is 11.6 Å². The van der Waals surface area contributed by atoms with E-state index in [0.717, 1.165) is 22.2 Å². The first-order valence-corrected chi connectivity index (χ1v) is 6.93. The zero-order chi connectivity index (χ0) is 15.0. The van der Waals surface area contributed by atoms with E-state index in [4.69, 9.17) is 22.1 Å². The zero-order valence-electron chi connectivity index (χ0n) is 11.2. The molecule has 0 saturated carbocycles. The van der Waals surface area contributed by atoms with Crippen LogP contribution in [0.3, 0.4) is 0 Å². The maximum atomic E-state index is 11.8. The van der Waals surface area contributed by atoms with Gasteiger partial charge in [-0.3, -0.25) is 9.59 Å². The van der Waals surface area contributed by atoms with Gasteiger partial charge in [0.2, 0.25) is 5.91 Å². The maximum Gasteiger partial charge on any atom is 0.255 e. The van der Waals surface area contributed by atoms with E-state index < -0.39 is 5.91 Å². The second kappa shape index (κ2) is 5.29. The number of nitrogens with two attached hydrogens (primary N) is 1. The molecule has 0 aliphatic carbocycles. The van der Waals surface area contributed by atoms with E-state index in [2.05, 4.69) is 10.3 Å². The number of ether oxygens (including phenoxy) is 1. The molecule has 2 amide bonds. The third-order valence-corrected chi connectivity index (χ3v) is 3.64. The number of benzene rings is 1. The smallest absolute Gasteiger partial charge is 0.255 e. The molecular weight excluding hydrogens is 294 g/mol. The van der Waals surface area contributed by atoms with Gasteiger partial charge < -0.3 is 20.8 Å². The molecule has 110 valence electrons. The Morgan fingerprint density at radius 3 is 3.00 bits per heavy atom. The predicted molar refractivity (Wildman–Crippen MR) is 78.4 cm³/mol. The number of rotatable bonds is 3. The van der Waals surface area contributed by atoms with Crippen molar-refractivity contribution in [3.05, 3.63) is 28.4 Å². The van der Waals surface area contributed by atoms with Gasteiger partial charge in [0.05, 0.1) is 11.9 Å². The van der Waals surface area contributed by atoms with Gasteiger partial charge >= 0.3 is 0 Å². The summed E-state index contributed by atoms with van der Waals surface area (Å²) in [4.78, 5) is 26.0. The van der Waals surface area contributed by atoms with Crippen molar-refractivity contribution in [2.45, 2.75) is 12.8 Å². The molecule has 2 heterocycles. The number of nitrogens with one attached hydrogen (secondary N) is 2. The van der Waals surface area contributed by atoms with Crippen LogP contribution in [0, 0.1) is 0 Å². The molecule has 1 aliphatic rings. The highest BCUT2D eigenvalue weighted by Crippen LogP contribution is 2.35. The van der Waals surface area contributed by atoms with E-state index in [9.17, 15) is 9.59 Å². The molecule has 4 N–H and O–H groups in total. The minimum Gasteiger partial charge on any atom is -0.483 e. The summed E-state index contributed by atoms with van der Waals surface area (Å²) in [6.45, 7) is 0.353. The predicted octanol–water partition coefficient (Wildman–Crippen LogP) is 0.900. The molecule has 0 atom stereocenters. The lowest BCUT2D eigenvalue weighted by Crippen LogP contribution is -2.24. The van der Waals surface area contributed by atoms with Crippen molar-refractivity contribution in [1.82, 2.24) is 10.3 Å². The largest absolute Gasteiger partial charge is 0.483 e. The van der Waals surface area contributed by atoms with Gasteiger partial charge in [-0.15, -0.1) is 0 Å². The lowest BCUT2D eigenvalue weighted by Gasteiger charge is -2.08. The number of fused-ring (bicyclic) bond motifs is 3. The first kappa shape index (κ1) is 13.8. The van der Waals surface area contributed by atoms with Gasteiger partial charge in [0.1, 0.15) is 5.75 Å². The maximum absolute atomic E-state index is 11.8. The summed E-state index contributed by atoms with van der Waals surface area (Å²) in [5.74, 6) is -0.142. The molecule has 21 heavy (non-hydrogen) atoms. The molecule has 2 aromatic rings. The van der Waals surface area contributed by atoms with E-state index in [0.29, 0.717) is 23.7 Å². The Morgan fingerprint density at radius 1 is 1.43 bits per heavy atom. The third-order valence-electron chi connectivity index (χ3n) is 3.42. The van der Waals surface area contributed by atoms with Gasteiger partial charge in [0.25, 0.3) is 5.91 Å². The quantitative estimate of drug-likeness (QED) is 0.786. The molecule has 0 fully saturated rings. The number of amides is 2. The first-order chi connectivity index (χ1) is 10.0. The monoisotopic (exact) mass is 307 g/mol. The van der Waals surface area contributed by atoms with Crippen molar-refractivity contribution >= 4 is 34.3 Å². The Morgan fingerprint density at radius 2 is 2.24 bits per heavy atom. The average molecular weight is 308 g/mol. The molecule has 0 radical (unpaired) electrons. The molecule has 0 spiro atoms. The minimum absolute atomic E-state index is 0.0366. The summed E-state index contributed by atoms with van der Waals surface area (Å²) < 4.78 is 5.45. The van der Waals surface area contributed by atoms with Crippen LogP contribution < -0.4 is 15.8 Å². The summed E-state index contributed by atoms with van der Waals surface area (Å²) in [6, 6.07) is 3.41. The van der Waals surface area contributed by atoms with Gasteiger partial charge in [-0.05, 0) is 17.7 Å². The molecule has 0 saturated heterocycles. The number of halogens is 1. The van der Waals surface area contributed by atoms with Gasteiger partial charge in [-0.2, -0.15) is 0 Å². The van der Waals surface area contributed by atoms with Crippen LogP contribution in [0.25, 0.3) is 10.9 Å². The standard InChI is InChI=1S/C14H14ClN3O3/c15-7-3-10-14(11(4-7)21-6-12(16)19)8-5-13(20)17-2-1-9(8)18-10/h3-4,18H,1-2,5-6H2,(H2,16,19)(H,17,20). The summed E-state index contributed by atoms with van der Waals surface area (Å²) in [7, 11) is 0. The summed E-state index contributed by atoms with van der Waals surface area (Å²) in [5.41, 5.74) is 7.77. The fourth-order valence-electron chi connectivity index (χ4n) is 2.60. The highest BCUT2D eigenvalue weighted by atomic mass is 35.5. The summed E-state index contributed by atoms with van der Waals surface area (Å²) in [5, 5.41) is 4.10. The van der Waals surface area contributed by atoms with Crippen molar-refractivity contribution in [3.63, 3.8) is 0 Å². The Labute approximate surface area is 125 Å². The highest BCUT2D eigenvalue weighted by molar-refractivity contribution is 6.31. The van der Waals surface area contributed by atoms with Crippen LogP contribution >= 0.6 is 11.6 Å². The van der Waals surface area contributed by atoms with Crippen molar-refractivity contribution in [2.75, 3.05) is 13.2 Å². The SMILES string of the molecule is NC(=O)COc1cc(Cl)cc2[nH]c3c(c12)CC(=O)NCC3. The molecule has 1 aromatic carbocycles. The molecule has 7 heteroatoms. The average Bonchev–Trinajstić information content (AvgIpc) is 2.63. The van der Waals surface area contributed by atoms with Gasteiger partial charge in [0, 0.05) is 29.1 Å². The van der Waals surface area contributed by atoms with E-state index >= 15 is 0 Å². The zero-order valence-corrected chi connectivity index (χ0v) is 11.9. The third kappa shape index (κ3) is 2.67. The van der Waals surface area contributed by atoms with Gasteiger partial charge in [-0.25, -0.2) is 0 Å². The van der Waals surface area contributed by atoms with Crippen LogP contribution in [0.5, 0.6) is 5.75 Å². The number of carbonyl (C=O) groups excluding carboxylic acids is 2. The minimum atomic E-state index is -0.567. The van der Waals surface area contributed by atoms with E-state index in [1.165, 1.54) is 0 Å². The highest BCUT2D eigenvalue weighted by Gasteiger charge is 2.21. The van der Waals surface area contributed by atoms with Crippen molar-refractivity contribution in [3.8, 4) is 5.75 Å². The topological polar surface area (TPSA) is 97.2 Å². The summed E-state index contributed by atoms with van der Waals surface area (Å²) in [6.07, 6.45) is 0.979. The van der Waals surface area contributed by atoms with Crippen LogP contribution in [-0.4, -0.2) is 29.9 Å². The van der Waals surface area contributed by atoms with E-state index in [-0.39, 0.29) is 18.9 Å². The molecule has 0 bridgehead atoms. The number of aromatic amines is 1. The molecular formula is C14H14ClN3O3. The first-order valence-electron chi connectivity index (χ1n) is 6.55. The second-order valence-electron chi connectivity index (χ2n) is 4.94. The van der Waals surface area contributed by atoms with Crippen LogP contribution in [0.15, 0.2) is 12.1 Å². The molecule has 6 nitrogen and oxygen atoms in total. The lowest BCUT2D eigenvalue weighted by atomic mass is 10.1. The molecule has 1 aromatic heterocycles. The lowest BCUT2D eigenvalue weighted by molar-refractivity contribution is -0.121. The number of hydrogen-bond acceptors (Lipinski definition) is 3. The Hall–Kier alpha value is -2.21. The summed E-state index contributed by atoms with van der Waals surface area (Å²) >= 11 is 6.07. The fourth-order valence-corrected chi connectivity index (χ4v) is 2.81. The van der Waals surface area contributed by atoms with E-state index in [1.54, 1.807) is 12.1 Å². The second-order valence-corrected chi connectivity index (χ2v) is 5.38. The number of primary amides is 1. The van der Waals surface area contributed by atoms with Crippen LogP contribution in [0.4, 0.5) is 0 Å². The Balaban J connectivity index is 2.14. The fraction of sp³-hybridized carbons (Fsp3) is 0.286. The number of aromatic nitrogens is 1. The van der Waals surface area contributed by atoms with Crippen LogP contribution in [-0.2, 0) is 22.4 Å². The molecule has 3 rings (SSSR count). The number of hydrogen-bond donors (Lipinski definition) is 3. The van der Waals surface area contributed by atoms with Crippen molar-refractivity contribution in [2.24, 2.45) is 5.73 Å². The van der Waals surface area contributed by atoms with Crippen LogP contribution in [0.2, 0.25) is 5.02 Å². The molecule has 1 aliphatic heterocycles. The number of H-pyrrole nitrogens is 1. The van der Waals surface area contributed by atoms with Crippen LogP contribution in [0.1, 0.15) is 11.3 Å². The Bertz CT molecular complexity index is 739.